The molecule has 0 radical (unpaired) electrons. The molecule has 32 heavy (non-hydrogen) atoms. The number of anilines is 2. The smallest absolute Gasteiger partial charge is 0.266 e. The van der Waals surface area contributed by atoms with E-state index in [1.807, 2.05) is 13.8 Å². The number of carbonyl (C=O) groups excluding carboxylic acids is 3. The van der Waals surface area contributed by atoms with Gasteiger partial charge in [-0.2, -0.15) is 5.10 Å². The van der Waals surface area contributed by atoms with Crippen LogP contribution >= 0.6 is 0 Å². The molecule has 0 bridgehead atoms. The Morgan fingerprint density at radius 3 is 2.31 bits per heavy atom. The highest BCUT2D eigenvalue weighted by molar-refractivity contribution is 6.34. The second kappa shape index (κ2) is 7.12. The Morgan fingerprint density at radius 1 is 0.938 bits per heavy atom. The van der Waals surface area contributed by atoms with Crippen LogP contribution in [0.5, 0.6) is 0 Å². The van der Waals surface area contributed by atoms with E-state index in [4.69, 9.17) is 0 Å². The van der Waals surface area contributed by atoms with Crippen molar-refractivity contribution < 1.29 is 14.4 Å². The minimum Gasteiger partial charge on any atom is -0.322 e. The molecule has 4 aromatic rings. The van der Waals surface area contributed by atoms with Gasteiger partial charge in [-0.25, -0.2) is 9.88 Å². The molecule has 5 rings (SSSR count). The van der Waals surface area contributed by atoms with Gasteiger partial charge in [-0.3, -0.25) is 19.1 Å². The van der Waals surface area contributed by atoms with Crippen molar-refractivity contribution in [1.29, 1.82) is 0 Å². The third-order valence-electron chi connectivity index (χ3n) is 5.50. The Kier molecular flexibility index (Phi) is 4.37. The lowest BCUT2D eigenvalue weighted by Gasteiger charge is -2.15. The normalized spacial score (nSPS) is 13.0. The van der Waals surface area contributed by atoms with Gasteiger partial charge in [-0.05, 0) is 50.2 Å². The lowest BCUT2D eigenvalue weighted by atomic mass is 10.1. The monoisotopic (exact) mass is 425 g/mol. The maximum atomic E-state index is 13.2. The lowest BCUT2D eigenvalue weighted by Crippen LogP contribution is -2.29. The molecule has 0 saturated carbocycles. The lowest BCUT2D eigenvalue weighted by molar-refractivity contribution is 0.0925. The van der Waals surface area contributed by atoms with E-state index in [2.05, 4.69) is 15.4 Å². The molecule has 8 nitrogen and oxygen atoms in total. The van der Waals surface area contributed by atoms with Crippen molar-refractivity contribution in [1.82, 2.24) is 14.8 Å². The van der Waals surface area contributed by atoms with E-state index in [1.54, 1.807) is 66.3 Å². The van der Waals surface area contributed by atoms with Crippen LogP contribution in [0.2, 0.25) is 0 Å². The number of aromatic nitrogens is 3. The van der Waals surface area contributed by atoms with Gasteiger partial charge in [0.25, 0.3) is 17.7 Å². The molecular formula is C24H19N5O3. The fourth-order valence-electron chi connectivity index (χ4n) is 4.09. The average Bonchev–Trinajstić information content (AvgIpc) is 3.20. The summed E-state index contributed by atoms with van der Waals surface area (Å²) in [6.07, 6.45) is 0. The van der Waals surface area contributed by atoms with Gasteiger partial charge in [0, 0.05) is 18.4 Å². The number of benzene rings is 2. The maximum Gasteiger partial charge on any atom is 0.266 e. The standard InChI is InChI=1S/C24H19N5O3/c1-13-11-19(20-14(2)27-28(3)21(20)25-13)22(30)26-15-7-6-8-16(12-15)29-23(31)17-9-4-5-10-18(17)24(29)32/h4-12H,1-3H3,(H,26,30). The SMILES string of the molecule is Cc1cc(C(=O)Nc2cccc(N3C(=O)c4ccccc4C3=O)c2)c2c(C)nn(C)c2n1. The number of pyridine rings is 1. The molecule has 1 aliphatic heterocycles. The molecule has 0 atom stereocenters. The molecule has 158 valence electrons. The van der Waals surface area contributed by atoms with Crippen LogP contribution in [-0.4, -0.2) is 32.5 Å². The van der Waals surface area contributed by atoms with Crippen molar-refractivity contribution >= 4 is 40.1 Å². The first-order valence-electron chi connectivity index (χ1n) is 10.1. The summed E-state index contributed by atoms with van der Waals surface area (Å²) >= 11 is 0. The minimum atomic E-state index is -0.383. The highest BCUT2D eigenvalue weighted by atomic mass is 16.2. The second-order valence-corrected chi connectivity index (χ2v) is 7.71. The molecule has 1 N–H and O–H groups in total. The summed E-state index contributed by atoms with van der Waals surface area (Å²) in [6.45, 7) is 3.65. The first-order valence-corrected chi connectivity index (χ1v) is 10.1. The zero-order valence-electron chi connectivity index (χ0n) is 17.7. The number of fused-ring (bicyclic) bond motifs is 2. The van der Waals surface area contributed by atoms with E-state index in [1.165, 1.54) is 0 Å². The minimum absolute atomic E-state index is 0.323. The van der Waals surface area contributed by atoms with Crippen molar-refractivity contribution in [3.63, 3.8) is 0 Å². The van der Waals surface area contributed by atoms with Gasteiger partial charge in [0.15, 0.2) is 5.65 Å². The molecule has 8 heteroatoms. The number of hydrogen-bond acceptors (Lipinski definition) is 5. The molecule has 0 fully saturated rings. The van der Waals surface area contributed by atoms with Crippen LogP contribution in [0.25, 0.3) is 11.0 Å². The van der Waals surface area contributed by atoms with Crippen LogP contribution in [0, 0.1) is 13.8 Å². The number of rotatable bonds is 3. The molecular weight excluding hydrogens is 406 g/mol. The molecule has 3 amide bonds. The van der Waals surface area contributed by atoms with E-state index in [0.717, 1.165) is 4.90 Å². The summed E-state index contributed by atoms with van der Waals surface area (Å²) < 4.78 is 1.65. The number of nitrogens with one attached hydrogen (secondary N) is 1. The largest absolute Gasteiger partial charge is 0.322 e. The topological polar surface area (TPSA) is 97.2 Å². The number of imide groups is 1. The van der Waals surface area contributed by atoms with Crippen LogP contribution in [0.1, 0.15) is 42.5 Å². The van der Waals surface area contributed by atoms with Crippen molar-refractivity contribution in [2.45, 2.75) is 13.8 Å². The van der Waals surface area contributed by atoms with Gasteiger partial charge in [0.1, 0.15) is 0 Å². The Balaban J connectivity index is 1.48. The van der Waals surface area contributed by atoms with E-state index in [0.29, 0.717) is 50.5 Å². The molecule has 0 spiro atoms. The number of aryl methyl sites for hydroxylation is 3. The molecule has 2 aromatic carbocycles. The average molecular weight is 425 g/mol. The fraction of sp³-hybridized carbons (Fsp3) is 0.125. The molecule has 1 aliphatic rings. The van der Waals surface area contributed by atoms with Gasteiger partial charge in [0.05, 0.1) is 33.5 Å². The Morgan fingerprint density at radius 2 is 1.62 bits per heavy atom. The zero-order valence-corrected chi connectivity index (χ0v) is 17.7. The third-order valence-corrected chi connectivity index (χ3v) is 5.50. The van der Waals surface area contributed by atoms with Gasteiger partial charge in [0.2, 0.25) is 0 Å². The van der Waals surface area contributed by atoms with Crippen LogP contribution in [0.3, 0.4) is 0 Å². The van der Waals surface area contributed by atoms with E-state index in [-0.39, 0.29) is 17.7 Å². The van der Waals surface area contributed by atoms with E-state index >= 15 is 0 Å². The summed E-state index contributed by atoms with van der Waals surface area (Å²) in [6, 6.07) is 15.1. The van der Waals surface area contributed by atoms with Crippen LogP contribution < -0.4 is 10.2 Å². The van der Waals surface area contributed by atoms with E-state index in [9.17, 15) is 14.4 Å². The molecule has 0 aliphatic carbocycles. The number of hydrogen-bond donors (Lipinski definition) is 1. The fourth-order valence-corrected chi connectivity index (χ4v) is 4.09. The van der Waals surface area contributed by atoms with Crippen LogP contribution in [0.15, 0.2) is 54.6 Å². The van der Waals surface area contributed by atoms with E-state index < -0.39 is 0 Å². The quantitative estimate of drug-likeness (QED) is 0.506. The number of amides is 3. The Bertz CT molecular complexity index is 1420. The van der Waals surface area contributed by atoms with Gasteiger partial charge >= 0.3 is 0 Å². The first kappa shape index (κ1) is 19.6. The highest BCUT2D eigenvalue weighted by Crippen LogP contribution is 2.30. The summed E-state index contributed by atoms with van der Waals surface area (Å²) in [5.74, 6) is -1.09. The van der Waals surface area contributed by atoms with Crippen molar-refractivity contribution in [3.05, 3.63) is 82.7 Å². The van der Waals surface area contributed by atoms with Crippen molar-refractivity contribution in [2.24, 2.45) is 7.05 Å². The summed E-state index contributed by atoms with van der Waals surface area (Å²) in [5.41, 5.74) is 4.10. The number of carbonyl (C=O) groups is 3. The maximum absolute atomic E-state index is 13.2. The second-order valence-electron chi connectivity index (χ2n) is 7.71. The molecule has 0 unspecified atom stereocenters. The Hall–Kier alpha value is -4.33. The van der Waals surface area contributed by atoms with Crippen LogP contribution in [-0.2, 0) is 7.05 Å². The predicted octanol–water partition coefficient (Wildman–Crippen LogP) is 3.64. The van der Waals surface area contributed by atoms with Gasteiger partial charge in [-0.1, -0.05) is 18.2 Å². The summed E-state index contributed by atoms with van der Waals surface area (Å²) in [5, 5.41) is 7.94. The summed E-state index contributed by atoms with van der Waals surface area (Å²) in [4.78, 5) is 44.3. The van der Waals surface area contributed by atoms with Crippen molar-refractivity contribution in [2.75, 3.05) is 10.2 Å². The molecule has 0 saturated heterocycles. The van der Waals surface area contributed by atoms with Gasteiger partial charge < -0.3 is 5.32 Å². The van der Waals surface area contributed by atoms with Gasteiger partial charge in [-0.15, -0.1) is 0 Å². The molecule has 2 aromatic heterocycles. The molecule has 3 heterocycles. The van der Waals surface area contributed by atoms with Crippen LogP contribution in [0.4, 0.5) is 11.4 Å². The third kappa shape index (κ3) is 2.96. The summed E-state index contributed by atoms with van der Waals surface area (Å²) in [7, 11) is 1.79. The highest BCUT2D eigenvalue weighted by Gasteiger charge is 2.36. The first-order chi connectivity index (χ1) is 15.3. The zero-order chi connectivity index (χ0) is 22.6. The number of nitrogens with zero attached hydrogens (tertiary/aromatic N) is 4. The predicted molar refractivity (Wildman–Crippen MR) is 120 cm³/mol. The Labute approximate surface area is 183 Å². The van der Waals surface area contributed by atoms with Crippen molar-refractivity contribution in [3.8, 4) is 0 Å².